The van der Waals surface area contributed by atoms with Crippen molar-refractivity contribution in [1.82, 2.24) is 14.8 Å². The van der Waals surface area contributed by atoms with Crippen LogP contribution in [0.3, 0.4) is 0 Å². The second kappa shape index (κ2) is 8.37. The average molecular weight is 346 g/mol. The molecule has 2 heterocycles. The van der Waals surface area contributed by atoms with Crippen LogP contribution in [0.5, 0.6) is 0 Å². The lowest BCUT2D eigenvalue weighted by Crippen LogP contribution is -2.29. The first-order valence-corrected chi connectivity index (χ1v) is 8.30. The maximum Gasteiger partial charge on any atom is 0.152 e. The molecule has 126 valence electrons. The number of hydrogen-bond acceptors (Lipinski definition) is 6. The second-order valence-electron chi connectivity index (χ2n) is 5.47. The summed E-state index contributed by atoms with van der Waals surface area (Å²) in [6, 6.07) is 4.21. The third-order valence-electron chi connectivity index (χ3n) is 3.84. The first-order chi connectivity index (χ1) is 11.7. The minimum absolute atomic E-state index is 0.161. The zero-order chi connectivity index (χ0) is 17.5. The van der Waals surface area contributed by atoms with Gasteiger partial charge in [-0.05, 0) is 19.3 Å². The molecule has 24 heavy (non-hydrogen) atoms. The van der Waals surface area contributed by atoms with E-state index < -0.39 is 0 Å². The van der Waals surface area contributed by atoms with E-state index in [2.05, 4.69) is 17.2 Å². The van der Waals surface area contributed by atoms with Gasteiger partial charge in [-0.25, -0.2) is 0 Å². The highest BCUT2D eigenvalue weighted by Gasteiger charge is 2.20. The molecule has 0 atom stereocenters. The molecule has 0 saturated carbocycles. The fourth-order valence-electron chi connectivity index (χ4n) is 2.63. The first kappa shape index (κ1) is 17.8. The summed E-state index contributed by atoms with van der Waals surface area (Å²) in [5.41, 5.74) is 2.97. The fourth-order valence-corrected chi connectivity index (χ4v) is 2.85. The van der Waals surface area contributed by atoms with Crippen molar-refractivity contribution in [2.75, 3.05) is 25.0 Å². The van der Waals surface area contributed by atoms with Gasteiger partial charge < -0.3 is 4.90 Å². The van der Waals surface area contributed by atoms with Crippen LogP contribution < -0.4 is 4.90 Å². The number of nitriles is 2. The predicted molar refractivity (Wildman–Crippen MR) is 93.4 cm³/mol. The smallest absolute Gasteiger partial charge is 0.152 e. The number of rotatable bonds is 4. The Morgan fingerprint density at radius 1 is 1.50 bits per heavy atom. The lowest BCUT2D eigenvalue weighted by atomic mass is 10.1. The van der Waals surface area contributed by atoms with Gasteiger partial charge in [-0.2, -0.15) is 25.4 Å². The van der Waals surface area contributed by atoms with E-state index in [0.29, 0.717) is 23.6 Å². The largest absolute Gasteiger partial charge is 0.345 e. The van der Waals surface area contributed by atoms with Crippen molar-refractivity contribution in [3.8, 4) is 12.1 Å². The van der Waals surface area contributed by atoms with Crippen LogP contribution in [0.2, 0.25) is 0 Å². The molecule has 0 spiro atoms. The van der Waals surface area contributed by atoms with Crippen molar-refractivity contribution < 1.29 is 0 Å². The third kappa shape index (κ3) is 3.69. The molecule has 7 nitrogen and oxygen atoms in total. The summed E-state index contributed by atoms with van der Waals surface area (Å²) in [5.74, 6) is 1.28. The van der Waals surface area contributed by atoms with Crippen LogP contribution in [0.1, 0.15) is 38.2 Å². The quantitative estimate of drug-likeness (QED) is 0.476. The molecular formula is C16H20ClN7. The molecule has 1 saturated heterocycles. The van der Waals surface area contributed by atoms with E-state index in [-0.39, 0.29) is 6.54 Å². The molecule has 1 aliphatic heterocycles. The summed E-state index contributed by atoms with van der Waals surface area (Å²) < 4.78 is 1.64. The fraction of sp³-hybridized carbons (Fsp3) is 0.500. The maximum absolute atomic E-state index is 9.32. The number of piperidine rings is 1. The van der Waals surface area contributed by atoms with E-state index in [9.17, 15) is 5.26 Å². The first-order valence-electron chi connectivity index (χ1n) is 7.87. The van der Waals surface area contributed by atoms with E-state index in [1.807, 2.05) is 11.9 Å². The predicted octanol–water partition coefficient (Wildman–Crippen LogP) is 2.85. The molecule has 0 unspecified atom stereocenters. The second-order valence-corrected chi connectivity index (χ2v) is 5.69. The Labute approximate surface area is 147 Å². The number of hydrazone groups is 1. The summed E-state index contributed by atoms with van der Waals surface area (Å²) in [6.45, 7) is 2.94. The molecule has 0 amide bonds. The van der Waals surface area contributed by atoms with Crippen molar-refractivity contribution >= 4 is 23.3 Å². The molecule has 0 bridgehead atoms. The van der Waals surface area contributed by atoms with Crippen molar-refractivity contribution in [3.63, 3.8) is 0 Å². The van der Waals surface area contributed by atoms with Gasteiger partial charge in [-0.1, -0.05) is 18.5 Å². The summed E-state index contributed by atoms with van der Waals surface area (Å²) in [7, 11) is 1.76. The molecule has 1 aromatic rings. The van der Waals surface area contributed by atoms with Crippen molar-refractivity contribution in [2.24, 2.45) is 5.10 Å². The van der Waals surface area contributed by atoms with Crippen molar-refractivity contribution in [2.45, 2.75) is 32.6 Å². The zero-order valence-electron chi connectivity index (χ0n) is 13.9. The molecule has 0 radical (unpaired) electrons. The lowest BCUT2D eigenvalue weighted by Gasteiger charge is -2.27. The van der Waals surface area contributed by atoms with E-state index in [0.717, 1.165) is 31.5 Å². The molecule has 1 aliphatic rings. The van der Waals surface area contributed by atoms with Crippen LogP contribution in [0.25, 0.3) is 0 Å². The molecule has 2 rings (SSSR count). The van der Waals surface area contributed by atoms with Gasteiger partial charge in [0.2, 0.25) is 0 Å². The molecule has 0 N–H and O–H groups in total. The zero-order valence-corrected chi connectivity index (χ0v) is 14.7. The van der Waals surface area contributed by atoms with Crippen LogP contribution >= 0.6 is 11.6 Å². The summed E-state index contributed by atoms with van der Waals surface area (Å²) in [4.78, 5) is 1.70. The Bertz CT molecular complexity index is 720. The van der Waals surface area contributed by atoms with Gasteiger partial charge in [0, 0.05) is 31.2 Å². The van der Waals surface area contributed by atoms with Crippen LogP contribution in [-0.4, -0.2) is 40.8 Å². The van der Waals surface area contributed by atoms with E-state index in [4.69, 9.17) is 22.0 Å². The molecular weight excluding hydrogens is 326 g/mol. The van der Waals surface area contributed by atoms with Gasteiger partial charge in [-0.3, -0.25) is 5.01 Å². The number of aromatic nitrogens is 2. The number of halogens is 1. The highest BCUT2D eigenvalue weighted by Crippen LogP contribution is 2.23. The number of anilines is 1. The van der Waals surface area contributed by atoms with Crippen molar-refractivity contribution in [1.29, 1.82) is 10.5 Å². The van der Waals surface area contributed by atoms with Gasteiger partial charge in [0.1, 0.15) is 18.2 Å². The van der Waals surface area contributed by atoms with E-state index >= 15 is 0 Å². The maximum atomic E-state index is 9.32. The van der Waals surface area contributed by atoms with Gasteiger partial charge in [0.15, 0.2) is 11.7 Å². The average Bonchev–Trinajstić information content (AvgIpc) is 3.04. The van der Waals surface area contributed by atoms with Crippen LogP contribution in [0, 0.1) is 22.7 Å². The highest BCUT2D eigenvalue weighted by atomic mass is 35.5. The molecule has 0 aliphatic carbocycles. The Hall–Kier alpha value is -2.51. The lowest BCUT2D eigenvalue weighted by molar-refractivity contribution is 0.302. The minimum atomic E-state index is 0.161. The monoisotopic (exact) mass is 345 g/mol. The topological polar surface area (TPSA) is 84.2 Å². The van der Waals surface area contributed by atoms with E-state index in [1.165, 1.54) is 6.20 Å². The summed E-state index contributed by atoms with van der Waals surface area (Å²) >= 11 is 5.91. The van der Waals surface area contributed by atoms with Gasteiger partial charge in [0.25, 0.3) is 0 Å². The normalized spacial score (nSPS) is 16.8. The third-order valence-corrected chi connectivity index (χ3v) is 4.09. The minimum Gasteiger partial charge on any atom is -0.345 e. The summed E-state index contributed by atoms with van der Waals surface area (Å²) in [6.07, 6.45) is 5.18. The molecule has 1 fully saturated rings. The van der Waals surface area contributed by atoms with E-state index in [1.54, 1.807) is 22.2 Å². The number of nitrogens with zero attached hydrogens (tertiary/aromatic N) is 7. The number of allylic oxidation sites excluding steroid dienone is 1. The number of hydrogen-bond donors (Lipinski definition) is 0. The van der Waals surface area contributed by atoms with Crippen LogP contribution in [-0.2, 0) is 0 Å². The summed E-state index contributed by atoms with van der Waals surface area (Å²) in [5, 5.41) is 29.2. The SMILES string of the molecule is CC/C(=N\N1CCCC/C1=C\Cl)n1ncc(C#N)c1N(C)CC#N. The van der Waals surface area contributed by atoms with Gasteiger partial charge >= 0.3 is 0 Å². The van der Waals surface area contributed by atoms with Crippen molar-refractivity contribution in [3.05, 3.63) is 23.0 Å². The Morgan fingerprint density at radius 2 is 2.29 bits per heavy atom. The van der Waals surface area contributed by atoms with Gasteiger partial charge in [-0.15, -0.1) is 0 Å². The molecule has 0 aromatic carbocycles. The standard InChI is InChI=1S/C16H20ClN7/c1-3-15(21-23-8-5-4-6-14(23)10-17)24-16(22(2)9-7-18)13(11-19)12-20-24/h10,12H,3-6,8-9H2,1-2H3/b14-10+,21-15+. The van der Waals surface area contributed by atoms with Gasteiger partial charge in [0.05, 0.1) is 12.3 Å². The molecule has 1 aromatic heterocycles. The van der Waals surface area contributed by atoms with Crippen LogP contribution in [0.15, 0.2) is 22.5 Å². The Morgan fingerprint density at radius 3 is 2.92 bits per heavy atom. The molecule has 8 heteroatoms. The highest BCUT2D eigenvalue weighted by molar-refractivity contribution is 6.25. The van der Waals surface area contributed by atoms with Crippen LogP contribution in [0.4, 0.5) is 5.82 Å². The Balaban J connectivity index is 2.44. The Kier molecular flexibility index (Phi) is 6.22.